The Hall–Kier alpha value is -1.76. The lowest BCUT2D eigenvalue weighted by molar-refractivity contribution is -0.0505. The molecule has 0 radical (unpaired) electrons. The van der Waals surface area contributed by atoms with Crippen molar-refractivity contribution in [3.63, 3.8) is 0 Å². The van der Waals surface area contributed by atoms with E-state index in [2.05, 4.69) is 21.0 Å². The third-order valence-corrected chi connectivity index (χ3v) is 6.63. The minimum absolute atomic E-state index is 0.00938. The lowest BCUT2D eigenvalue weighted by Crippen LogP contribution is -2.60. The van der Waals surface area contributed by atoms with Gasteiger partial charge in [-0.15, -0.1) is 0 Å². The van der Waals surface area contributed by atoms with Gasteiger partial charge in [-0.05, 0) is 73.9 Å². The maximum Gasteiger partial charge on any atom is 0.410 e. The summed E-state index contributed by atoms with van der Waals surface area (Å²) in [5.74, 6) is 0.436. The number of halogens is 1. The van der Waals surface area contributed by atoms with Gasteiger partial charge in [-0.3, -0.25) is 9.31 Å². The molecule has 0 unspecified atom stereocenters. The maximum atomic E-state index is 12.2. The summed E-state index contributed by atoms with van der Waals surface area (Å²) in [7, 11) is 0. The van der Waals surface area contributed by atoms with E-state index in [1.165, 1.54) is 5.56 Å². The van der Waals surface area contributed by atoms with E-state index in [1.807, 2.05) is 36.4 Å². The molecule has 2 aromatic rings. The van der Waals surface area contributed by atoms with Crippen LogP contribution in [-0.2, 0) is 4.74 Å². The fourth-order valence-corrected chi connectivity index (χ4v) is 5.03. The molecule has 1 amide bonds. The molecule has 6 nitrogen and oxygen atoms in total. The Kier molecular flexibility index (Phi) is 4.41. The van der Waals surface area contributed by atoms with Crippen molar-refractivity contribution in [1.29, 1.82) is 0 Å². The zero-order valence-electron chi connectivity index (χ0n) is 16.0. The van der Waals surface area contributed by atoms with Gasteiger partial charge in [-0.1, -0.05) is 0 Å². The lowest BCUT2D eigenvalue weighted by Gasteiger charge is -2.53. The predicted octanol–water partition coefficient (Wildman–Crippen LogP) is 4.28. The minimum atomic E-state index is -0.446. The number of aromatic nitrogens is 2. The molecular formula is C20H26BrN3O3. The number of nitrogens with one attached hydrogen (secondary N) is 1. The summed E-state index contributed by atoms with van der Waals surface area (Å²) in [6, 6.07) is 1.56. The van der Waals surface area contributed by atoms with Crippen LogP contribution in [0.5, 0.6) is 0 Å². The number of aromatic amines is 1. The van der Waals surface area contributed by atoms with Gasteiger partial charge in [-0.2, -0.15) is 0 Å². The molecule has 0 atom stereocenters. The topological polar surface area (TPSA) is 66.8 Å². The van der Waals surface area contributed by atoms with Gasteiger partial charge in [0.25, 0.3) is 0 Å². The summed E-state index contributed by atoms with van der Waals surface area (Å²) in [6.45, 7) is 7.29. The SMILES string of the molecule is CC(C)(C)OC(=O)N1CC2(CCC(c3c[nH]n4ccc(=O)c(Br)c34)CC2)C1. The van der Waals surface area contributed by atoms with Crippen LogP contribution >= 0.6 is 15.9 Å². The van der Waals surface area contributed by atoms with Gasteiger partial charge in [0.1, 0.15) is 5.60 Å². The highest BCUT2D eigenvalue weighted by Crippen LogP contribution is 2.49. The minimum Gasteiger partial charge on any atom is -0.444 e. The molecular weight excluding hydrogens is 410 g/mol. The Morgan fingerprint density at radius 2 is 1.96 bits per heavy atom. The highest BCUT2D eigenvalue weighted by atomic mass is 79.9. The second-order valence-electron chi connectivity index (χ2n) is 9.05. The van der Waals surface area contributed by atoms with Crippen LogP contribution in [0.2, 0.25) is 0 Å². The number of amides is 1. The zero-order chi connectivity index (χ0) is 19.4. The second-order valence-corrected chi connectivity index (χ2v) is 9.85. The number of pyridine rings is 1. The molecule has 146 valence electrons. The van der Waals surface area contributed by atoms with E-state index in [0.29, 0.717) is 10.4 Å². The number of carbonyl (C=O) groups is 1. The molecule has 2 aromatic heterocycles. The first-order valence-electron chi connectivity index (χ1n) is 9.54. The molecule has 1 N–H and O–H groups in total. The van der Waals surface area contributed by atoms with Gasteiger partial charge >= 0.3 is 6.09 Å². The molecule has 1 spiro atoms. The number of nitrogens with zero attached hydrogens (tertiary/aromatic N) is 2. The number of H-pyrrole nitrogens is 1. The lowest BCUT2D eigenvalue weighted by atomic mass is 9.65. The molecule has 1 saturated heterocycles. The monoisotopic (exact) mass is 435 g/mol. The number of hydrogen-bond acceptors (Lipinski definition) is 3. The fourth-order valence-electron chi connectivity index (χ4n) is 4.48. The average molecular weight is 436 g/mol. The van der Waals surface area contributed by atoms with Crippen molar-refractivity contribution in [2.45, 2.75) is 58.0 Å². The molecule has 7 heteroatoms. The van der Waals surface area contributed by atoms with Crippen molar-refractivity contribution in [3.8, 4) is 0 Å². The van der Waals surface area contributed by atoms with Gasteiger partial charge < -0.3 is 14.7 Å². The van der Waals surface area contributed by atoms with Gasteiger partial charge in [0.15, 0.2) is 5.43 Å². The summed E-state index contributed by atoms with van der Waals surface area (Å²) in [5.41, 5.74) is 1.96. The van der Waals surface area contributed by atoms with Crippen LogP contribution in [0.25, 0.3) is 5.52 Å². The first-order valence-corrected chi connectivity index (χ1v) is 10.3. The Labute approximate surface area is 167 Å². The van der Waals surface area contributed by atoms with Crippen LogP contribution in [0.1, 0.15) is 57.9 Å². The highest BCUT2D eigenvalue weighted by molar-refractivity contribution is 9.10. The molecule has 0 aromatic carbocycles. The van der Waals surface area contributed by atoms with Crippen molar-refractivity contribution >= 4 is 27.5 Å². The van der Waals surface area contributed by atoms with E-state index < -0.39 is 5.60 Å². The molecule has 1 aliphatic carbocycles. The van der Waals surface area contributed by atoms with Crippen LogP contribution in [0.4, 0.5) is 4.79 Å². The first-order chi connectivity index (χ1) is 12.7. The van der Waals surface area contributed by atoms with Gasteiger partial charge in [0.2, 0.25) is 0 Å². The molecule has 0 bridgehead atoms. The standard InChI is InChI=1S/C20H26BrN3O3/c1-19(2,3)27-18(26)23-11-20(12-23)7-4-13(5-8-20)14-10-22-24-9-6-15(25)16(21)17(14)24/h6,9-10,13,22H,4-5,7-8,11-12H2,1-3H3. The summed E-state index contributed by atoms with van der Waals surface area (Å²) in [4.78, 5) is 26.0. The van der Waals surface area contributed by atoms with Crippen molar-refractivity contribution in [2.24, 2.45) is 5.41 Å². The van der Waals surface area contributed by atoms with E-state index >= 15 is 0 Å². The number of likely N-dealkylation sites (tertiary alicyclic amines) is 1. The van der Waals surface area contributed by atoms with Crippen LogP contribution in [-0.4, -0.2) is 39.3 Å². The van der Waals surface area contributed by atoms with E-state index in [-0.39, 0.29) is 16.9 Å². The van der Waals surface area contributed by atoms with Crippen LogP contribution in [0.3, 0.4) is 0 Å². The molecule has 2 fully saturated rings. The molecule has 4 rings (SSSR count). The summed E-state index contributed by atoms with van der Waals surface area (Å²) < 4.78 is 8.00. The highest BCUT2D eigenvalue weighted by Gasteiger charge is 2.48. The number of carbonyl (C=O) groups excluding carboxylic acids is 1. The average Bonchev–Trinajstić information content (AvgIpc) is 2.99. The van der Waals surface area contributed by atoms with Crippen LogP contribution < -0.4 is 5.43 Å². The molecule has 27 heavy (non-hydrogen) atoms. The molecule has 1 aliphatic heterocycles. The van der Waals surface area contributed by atoms with Crippen LogP contribution in [0.15, 0.2) is 27.7 Å². The summed E-state index contributed by atoms with van der Waals surface area (Å²) >= 11 is 3.46. The van der Waals surface area contributed by atoms with E-state index in [9.17, 15) is 9.59 Å². The fraction of sp³-hybridized carbons (Fsp3) is 0.600. The van der Waals surface area contributed by atoms with Gasteiger partial charge in [0.05, 0.1) is 9.99 Å². The predicted molar refractivity (Wildman–Crippen MR) is 107 cm³/mol. The second kappa shape index (κ2) is 6.40. The van der Waals surface area contributed by atoms with Crippen molar-refractivity contribution in [1.82, 2.24) is 14.5 Å². The largest absolute Gasteiger partial charge is 0.444 e. The Balaban J connectivity index is 1.42. The Bertz CT molecular complexity index is 924. The van der Waals surface area contributed by atoms with E-state index in [1.54, 1.807) is 12.3 Å². The van der Waals surface area contributed by atoms with Crippen molar-refractivity contribution in [3.05, 3.63) is 38.7 Å². The van der Waals surface area contributed by atoms with E-state index in [0.717, 1.165) is 44.3 Å². The van der Waals surface area contributed by atoms with E-state index in [4.69, 9.17) is 4.74 Å². The molecule has 2 aliphatic rings. The van der Waals surface area contributed by atoms with Crippen molar-refractivity contribution in [2.75, 3.05) is 13.1 Å². The smallest absolute Gasteiger partial charge is 0.410 e. The van der Waals surface area contributed by atoms with Gasteiger partial charge in [-0.25, -0.2) is 4.79 Å². The quantitative estimate of drug-likeness (QED) is 0.726. The van der Waals surface area contributed by atoms with Crippen molar-refractivity contribution < 1.29 is 9.53 Å². The number of rotatable bonds is 1. The first kappa shape index (κ1) is 18.6. The number of ether oxygens (including phenoxy) is 1. The normalized spacial score (nSPS) is 20.1. The number of hydrogen-bond donors (Lipinski definition) is 1. The van der Waals surface area contributed by atoms with Gasteiger partial charge in [0, 0.05) is 37.0 Å². The Morgan fingerprint density at radius 1 is 1.30 bits per heavy atom. The molecule has 3 heterocycles. The van der Waals surface area contributed by atoms with Crippen LogP contribution in [0, 0.1) is 5.41 Å². The summed E-state index contributed by atoms with van der Waals surface area (Å²) in [6.07, 6.45) is 7.95. The Morgan fingerprint density at radius 3 is 2.59 bits per heavy atom. The maximum absolute atomic E-state index is 12.2. The third-order valence-electron chi connectivity index (χ3n) is 5.86. The summed E-state index contributed by atoms with van der Waals surface area (Å²) in [5, 5.41) is 3.22. The zero-order valence-corrected chi connectivity index (χ0v) is 17.6. The molecule has 1 saturated carbocycles. The third kappa shape index (κ3) is 3.42. The number of fused-ring (bicyclic) bond motifs is 1.